The van der Waals surface area contributed by atoms with Crippen LogP contribution >= 0.6 is 0 Å². The van der Waals surface area contributed by atoms with Crippen LogP contribution in [0.15, 0.2) is 49.0 Å². The number of carbonyl (C=O) groups excluding carboxylic acids is 1. The monoisotopic (exact) mass is 279 g/mol. The Kier molecular flexibility index (Phi) is 2.87. The molecule has 0 atom stereocenters. The number of aromatic carboxylic acids is 1. The number of anilines is 1. The molecule has 0 bridgehead atoms. The summed E-state index contributed by atoms with van der Waals surface area (Å²) in [6.45, 7) is 5.81. The molecule has 1 aliphatic rings. The van der Waals surface area contributed by atoms with Crippen LogP contribution in [0.5, 0.6) is 0 Å². The van der Waals surface area contributed by atoms with E-state index in [0.29, 0.717) is 16.9 Å². The van der Waals surface area contributed by atoms with Crippen molar-refractivity contribution in [3.05, 3.63) is 71.3 Å². The highest BCUT2D eigenvalue weighted by Gasteiger charge is 2.32. The molecule has 2 aromatic carbocycles. The molecule has 1 aliphatic heterocycles. The van der Waals surface area contributed by atoms with E-state index >= 15 is 0 Å². The van der Waals surface area contributed by atoms with Crippen LogP contribution in [-0.2, 0) is 0 Å². The standard InChI is InChI=1S/C17H13NO3/c1-10-7-8-12(17(20)21)9-15(10)18-11(2)13-5-3-4-6-14(13)16(18)19/h3-9H,2H2,1H3,(H,20,21). The smallest absolute Gasteiger partial charge is 0.335 e. The Morgan fingerprint density at radius 2 is 1.81 bits per heavy atom. The van der Waals surface area contributed by atoms with Crippen LogP contribution in [0.3, 0.4) is 0 Å². The number of nitrogens with zero attached hydrogens (tertiary/aromatic N) is 1. The minimum atomic E-state index is -1.02. The highest BCUT2D eigenvalue weighted by atomic mass is 16.4. The van der Waals surface area contributed by atoms with Crippen LogP contribution < -0.4 is 4.90 Å². The van der Waals surface area contributed by atoms with E-state index in [1.165, 1.54) is 17.0 Å². The number of carboxylic acids is 1. The van der Waals surface area contributed by atoms with Gasteiger partial charge in [-0.2, -0.15) is 0 Å². The zero-order valence-corrected chi connectivity index (χ0v) is 11.5. The first-order valence-electron chi connectivity index (χ1n) is 6.47. The summed E-state index contributed by atoms with van der Waals surface area (Å²) in [6.07, 6.45) is 0. The molecule has 1 heterocycles. The molecule has 4 heteroatoms. The molecule has 21 heavy (non-hydrogen) atoms. The lowest BCUT2D eigenvalue weighted by molar-refractivity contribution is 0.0696. The average Bonchev–Trinajstić information content (AvgIpc) is 2.72. The summed E-state index contributed by atoms with van der Waals surface area (Å²) < 4.78 is 0. The normalized spacial score (nSPS) is 13.5. The molecule has 0 unspecified atom stereocenters. The Morgan fingerprint density at radius 1 is 1.14 bits per heavy atom. The first kappa shape index (κ1) is 13.1. The quantitative estimate of drug-likeness (QED) is 0.917. The van der Waals surface area contributed by atoms with Crippen molar-refractivity contribution in [3.63, 3.8) is 0 Å². The van der Waals surface area contributed by atoms with E-state index in [4.69, 9.17) is 5.11 Å². The van der Waals surface area contributed by atoms with Gasteiger partial charge in [-0.3, -0.25) is 9.69 Å². The molecule has 0 radical (unpaired) electrons. The van der Waals surface area contributed by atoms with Gasteiger partial charge >= 0.3 is 5.97 Å². The maximum atomic E-state index is 12.6. The van der Waals surface area contributed by atoms with Gasteiger partial charge in [0.15, 0.2) is 0 Å². The number of hydrogen-bond acceptors (Lipinski definition) is 2. The second kappa shape index (κ2) is 4.59. The first-order chi connectivity index (χ1) is 10.0. The molecule has 3 rings (SSSR count). The third kappa shape index (κ3) is 1.92. The van der Waals surface area contributed by atoms with Crippen LogP contribution in [0.2, 0.25) is 0 Å². The van der Waals surface area contributed by atoms with Gasteiger partial charge in [0.1, 0.15) is 0 Å². The third-order valence-corrected chi connectivity index (χ3v) is 3.64. The Balaban J connectivity index is 2.15. The van der Waals surface area contributed by atoms with Crippen molar-refractivity contribution in [1.29, 1.82) is 0 Å². The van der Waals surface area contributed by atoms with Crippen molar-refractivity contribution in [2.75, 3.05) is 4.90 Å². The zero-order valence-electron chi connectivity index (χ0n) is 11.5. The zero-order chi connectivity index (χ0) is 15.1. The number of carboxylic acid groups (broad SMARTS) is 1. The second-order valence-corrected chi connectivity index (χ2v) is 4.94. The fourth-order valence-electron chi connectivity index (χ4n) is 2.52. The largest absolute Gasteiger partial charge is 0.478 e. The second-order valence-electron chi connectivity index (χ2n) is 4.94. The average molecular weight is 279 g/mol. The highest BCUT2D eigenvalue weighted by Crippen LogP contribution is 2.37. The fraction of sp³-hybridized carbons (Fsp3) is 0.0588. The van der Waals surface area contributed by atoms with Gasteiger partial charge in [0, 0.05) is 11.1 Å². The van der Waals surface area contributed by atoms with Crippen molar-refractivity contribution in [3.8, 4) is 0 Å². The van der Waals surface area contributed by atoms with Crippen LogP contribution in [0.1, 0.15) is 31.8 Å². The number of benzene rings is 2. The summed E-state index contributed by atoms with van der Waals surface area (Å²) in [7, 11) is 0. The lowest BCUT2D eigenvalue weighted by Gasteiger charge is -2.20. The molecule has 0 saturated heterocycles. The molecule has 4 nitrogen and oxygen atoms in total. The summed E-state index contributed by atoms with van der Waals surface area (Å²) in [5.41, 5.74) is 3.46. The van der Waals surface area contributed by atoms with Gasteiger partial charge in [-0.25, -0.2) is 4.79 Å². The SMILES string of the molecule is C=C1c2ccccc2C(=O)N1c1cc(C(=O)O)ccc1C. The van der Waals surface area contributed by atoms with E-state index in [1.807, 2.05) is 19.1 Å². The lowest BCUT2D eigenvalue weighted by Crippen LogP contribution is -2.23. The molecule has 2 aromatic rings. The molecule has 1 N–H and O–H groups in total. The molecular formula is C17H13NO3. The maximum Gasteiger partial charge on any atom is 0.335 e. The van der Waals surface area contributed by atoms with Crippen molar-refractivity contribution < 1.29 is 14.7 Å². The van der Waals surface area contributed by atoms with Crippen LogP contribution in [-0.4, -0.2) is 17.0 Å². The van der Waals surface area contributed by atoms with Gasteiger partial charge in [0.25, 0.3) is 5.91 Å². The van der Waals surface area contributed by atoms with Crippen molar-refractivity contribution in [2.45, 2.75) is 6.92 Å². The number of rotatable bonds is 2. The van der Waals surface area contributed by atoms with E-state index in [2.05, 4.69) is 6.58 Å². The van der Waals surface area contributed by atoms with Gasteiger partial charge in [-0.15, -0.1) is 0 Å². The Labute approximate surface area is 121 Å². The molecule has 104 valence electrons. The summed E-state index contributed by atoms with van der Waals surface area (Å²) in [5.74, 6) is -1.20. The number of fused-ring (bicyclic) bond motifs is 1. The predicted octanol–water partition coefficient (Wildman–Crippen LogP) is 3.32. The Hall–Kier alpha value is -2.88. The van der Waals surface area contributed by atoms with E-state index in [-0.39, 0.29) is 11.5 Å². The minimum absolute atomic E-state index is 0.146. The van der Waals surface area contributed by atoms with E-state index < -0.39 is 5.97 Å². The number of amides is 1. The molecule has 1 amide bonds. The topological polar surface area (TPSA) is 57.6 Å². The van der Waals surface area contributed by atoms with Crippen LogP contribution in [0.25, 0.3) is 5.70 Å². The Bertz CT molecular complexity index is 757. The summed E-state index contributed by atoms with van der Waals surface area (Å²) in [4.78, 5) is 25.2. The third-order valence-electron chi connectivity index (χ3n) is 3.64. The maximum absolute atomic E-state index is 12.6. The summed E-state index contributed by atoms with van der Waals surface area (Å²) >= 11 is 0. The predicted molar refractivity (Wildman–Crippen MR) is 80.4 cm³/mol. The van der Waals surface area contributed by atoms with Gasteiger partial charge in [-0.05, 0) is 30.7 Å². The summed E-state index contributed by atoms with van der Waals surface area (Å²) in [5, 5.41) is 9.12. The molecule has 0 spiro atoms. The molecule has 0 aromatic heterocycles. The van der Waals surface area contributed by atoms with Crippen molar-refractivity contribution in [1.82, 2.24) is 0 Å². The van der Waals surface area contributed by atoms with Gasteiger partial charge in [0.05, 0.1) is 16.9 Å². The van der Waals surface area contributed by atoms with E-state index in [1.54, 1.807) is 18.2 Å². The minimum Gasteiger partial charge on any atom is -0.478 e. The molecule has 0 saturated carbocycles. The van der Waals surface area contributed by atoms with Gasteiger partial charge in [0.2, 0.25) is 0 Å². The molecular weight excluding hydrogens is 266 g/mol. The fourth-order valence-corrected chi connectivity index (χ4v) is 2.52. The number of hydrogen-bond donors (Lipinski definition) is 1. The van der Waals surface area contributed by atoms with Crippen LogP contribution in [0.4, 0.5) is 5.69 Å². The molecule has 0 fully saturated rings. The molecule has 0 aliphatic carbocycles. The Morgan fingerprint density at radius 3 is 2.43 bits per heavy atom. The number of carbonyl (C=O) groups is 2. The summed E-state index contributed by atoms with van der Waals surface area (Å²) in [6, 6.07) is 12.0. The first-order valence-corrected chi connectivity index (χ1v) is 6.47. The number of aryl methyl sites for hydroxylation is 1. The van der Waals surface area contributed by atoms with Crippen molar-refractivity contribution in [2.24, 2.45) is 0 Å². The van der Waals surface area contributed by atoms with Crippen LogP contribution in [0, 0.1) is 6.92 Å². The lowest BCUT2D eigenvalue weighted by atomic mass is 10.1. The van der Waals surface area contributed by atoms with Gasteiger partial charge in [-0.1, -0.05) is 30.8 Å². The van der Waals surface area contributed by atoms with Gasteiger partial charge < -0.3 is 5.11 Å². The van der Waals surface area contributed by atoms with Crippen molar-refractivity contribution >= 4 is 23.3 Å². The highest BCUT2D eigenvalue weighted by molar-refractivity contribution is 6.22. The van der Waals surface area contributed by atoms with E-state index in [9.17, 15) is 9.59 Å². The van der Waals surface area contributed by atoms with E-state index in [0.717, 1.165) is 11.1 Å².